The van der Waals surface area contributed by atoms with Gasteiger partial charge in [-0.25, -0.2) is 0 Å². The van der Waals surface area contributed by atoms with Gasteiger partial charge in [-0.15, -0.1) is 0 Å². The van der Waals surface area contributed by atoms with Crippen LogP contribution in [0.1, 0.15) is 5.56 Å². The Morgan fingerprint density at radius 3 is 2.54 bits per heavy atom. The van der Waals surface area contributed by atoms with Gasteiger partial charge in [-0.3, -0.25) is 9.69 Å². The van der Waals surface area contributed by atoms with Gasteiger partial charge in [0.15, 0.2) is 0 Å². The van der Waals surface area contributed by atoms with E-state index >= 15 is 0 Å². The molecule has 1 N–H and O–H groups in total. The maximum Gasteiger partial charge on any atom is 0.387 e. The highest BCUT2D eigenvalue weighted by atomic mass is 35.5. The molecule has 26 heavy (non-hydrogen) atoms. The highest BCUT2D eigenvalue weighted by molar-refractivity contribution is 6.30. The molecule has 0 saturated carbocycles. The van der Waals surface area contributed by atoms with Crippen LogP contribution in [0.25, 0.3) is 0 Å². The third kappa shape index (κ3) is 6.16. The molecule has 0 aromatic heterocycles. The first-order valence-electron chi connectivity index (χ1n) is 7.73. The summed E-state index contributed by atoms with van der Waals surface area (Å²) < 4.78 is 33.8. The minimum atomic E-state index is -2.88. The predicted molar refractivity (Wildman–Crippen MR) is 96.0 cm³/mol. The highest BCUT2D eigenvalue weighted by Gasteiger charge is 2.11. The lowest BCUT2D eigenvalue weighted by molar-refractivity contribution is -0.117. The monoisotopic (exact) mass is 384 g/mol. The molecule has 0 unspecified atom stereocenters. The summed E-state index contributed by atoms with van der Waals surface area (Å²) in [4.78, 5) is 13.9. The van der Waals surface area contributed by atoms with Crippen LogP contribution in [0.15, 0.2) is 42.5 Å². The molecule has 2 aromatic rings. The topological polar surface area (TPSA) is 50.8 Å². The van der Waals surface area contributed by atoms with Crippen molar-refractivity contribution >= 4 is 23.2 Å². The van der Waals surface area contributed by atoms with Gasteiger partial charge in [0.2, 0.25) is 5.91 Å². The third-order valence-corrected chi connectivity index (χ3v) is 3.69. The summed E-state index contributed by atoms with van der Waals surface area (Å²) in [5, 5.41) is 3.29. The molecule has 0 atom stereocenters. The highest BCUT2D eigenvalue weighted by Crippen LogP contribution is 2.23. The molecule has 0 aliphatic carbocycles. The van der Waals surface area contributed by atoms with Gasteiger partial charge in [-0.2, -0.15) is 8.78 Å². The lowest BCUT2D eigenvalue weighted by atomic mass is 10.2. The van der Waals surface area contributed by atoms with Crippen LogP contribution < -0.4 is 14.8 Å². The van der Waals surface area contributed by atoms with Crippen molar-refractivity contribution < 1.29 is 23.0 Å². The lowest BCUT2D eigenvalue weighted by Crippen LogP contribution is -2.30. The van der Waals surface area contributed by atoms with Crippen LogP contribution in [-0.4, -0.2) is 38.1 Å². The maximum atomic E-state index is 12.1. The molecule has 0 aliphatic heterocycles. The fourth-order valence-corrected chi connectivity index (χ4v) is 2.58. The van der Waals surface area contributed by atoms with E-state index in [0.717, 1.165) is 5.56 Å². The number of nitrogens with zero attached hydrogens (tertiary/aromatic N) is 1. The van der Waals surface area contributed by atoms with Gasteiger partial charge in [0.25, 0.3) is 0 Å². The van der Waals surface area contributed by atoms with Crippen molar-refractivity contribution in [2.24, 2.45) is 0 Å². The molecule has 0 spiro atoms. The van der Waals surface area contributed by atoms with Gasteiger partial charge in [0.1, 0.15) is 11.5 Å². The van der Waals surface area contributed by atoms with Crippen LogP contribution in [0.4, 0.5) is 14.5 Å². The van der Waals surface area contributed by atoms with Crippen molar-refractivity contribution in [3.63, 3.8) is 0 Å². The number of ether oxygens (including phenoxy) is 2. The van der Waals surface area contributed by atoms with Crippen LogP contribution >= 0.6 is 11.6 Å². The Morgan fingerprint density at radius 2 is 1.92 bits per heavy atom. The van der Waals surface area contributed by atoms with Crippen molar-refractivity contribution in [1.82, 2.24) is 4.90 Å². The van der Waals surface area contributed by atoms with Crippen LogP contribution in [0.5, 0.6) is 11.5 Å². The number of alkyl halides is 2. The Bertz CT molecular complexity index is 742. The molecule has 0 aliphatic rings. The second-order valence-corrected chi connectivity index (χ2v) is 6.02. The third-order valence-electron chi connectivity index (χ3n) is 3.46. The summed E-state index contributed by atoms with van der Waals surface area (Å²) in [6.07, 6.45) is 0. The summed E-state index contributed by atoms with van der Waals surface area (Å²) in [6, 6.07) is 11.0. The van der Waals surface area contributed by atoms with Crippen molar-refractivity contribution in [1.29, 1.82) is 0 Å². The molecule has 5 nitrogen and oxygen atoms in total. The van der Waals surface area contributed by atoms with Gasteiger partial charge in [-0.05, 0) is 49.5 Å². The number of nitrogens with one attached hydrogen (secondary N) is 1. The second-order valence-electron chi connectivity index (χ2n) is 5.58. The normalized spacial score (nSPS) is 10.9. The van der Waals surface area contributed by atoms with E-state index in [1.54, 1.807) is 37.3 Å². The van der Waals surface area contributed by atoms with E-state index in [0.29, 0.717) is 23.0 Å². The first kappa shape index (κ1) is 19.9. The van der Waals surface area contributed by atoms with E-state index in [4.69, 9.17) is 16.3 Å². The number of rotatable bonds is 8. The molecule has 0 radical (unpaired) electrons. The van der Waals surface area contributed by atoms with Gasteiger partial charge in [0, 0.05) is 22.8 Å². The lowest BCUT2D eigenvalue weighted by Gasteiger charge is -2.18. The largest absolute Gasteiger partial charge is 0.496 e. The average molecular weight is 385 g/mol. The summed E-state index contributed by atoms with van der Waals surface area (Å²) in [5.41, 5.74) is 1.36. The van der Waals surface area contributed by atoms with E-state index in [-0.39, 0.29) is 18.2 Å². The van der Waals surface area contributed by atoms with Gasteiger partial charge < -0.3 is 14.8 Å². The number of hydrogen-bond donors (Lipinski definition) is 1. The van der Waals surface area contributed by atoms with E-state index < -0.39 is 6.61 Å². The first-order valence-corrected chi connectivity index (χ1v) is 8.11. The number of methoxy groups -OCH3 is 1. The van der Waals surface area contributed by atoms with Crippen molar-refractivity contribution in [2.75, 3.05) is 26.0 Å². The van der Waals surface area contributed by atoms with E-state index in [2.05, 4.69) is 10.1 Å². The molecule has 2 aromatic carbocycles. The quantitative estimate of drug-likeness (QED) is 0.746. The number of benzene rings is 2. The van der Waals surface area contributed by atoms with Crippen LogP contribution in [0, 0.1) is 0 Å². The van der Waals surface area contributed by atoms with Crippen LogP contribution in [-0.2, 0) is 11.3 Å². The maximum absolute atomic E-state index is 12.1. The molecule has 2 rings (SSSR count). The zero-order valence-corrected chi connectivity index (χ0v) is 15.1. The standard InChI is InChI=1S/C18H19ClF2N2O3/c1-23(10-12-9-13(19)3-8-16(12)25-2)11-17(24)22-14-4-6-15(7-5-14)26-18(20)21/h3-9,18H,10-11H2,1-2H3,(H,22,24). The van der Waals surface area contributed by atoms with E-state index in [1.165, 1.54) is 24.3 Å². The fourth-order valence-electron chi connectivity index (χ4n) is 2.38. The molecule has 0 fully saturated rings. The number of carbonyl (C=O) groups is 1. The Labute approximate surface area is 155 Å². The Hall–Kier alpha value is -2.38. The Kier molecular flexibility index (Phi) is 7.17. The Balaban J connectivity index is 1.90. The first-order chi connectivity index (χ1) is 12.4. The molecule has 1 amide bonds. The number of anilines is 1. The van der Waals surface area contributed by atoms with Gasteiger partial charge in [-0.1, -0.05) is 11.6 Å². The fraction of sp³-hybridized carbons (Fsp3) is 0.278. The summed E-state index contributed by atoms with van der Waals surface area (Å²) >= 11 is 6.00. The van der Waals surface area contributed by atoms with Crippen LogP contribution in [0.2, 0.25) is 5.02 Å². The minimum absolute atomic E-state index is 0.0307. The number of halogens is 3. The zero-order valence-electron chi connectivity index (χ0n) is 14.3. The van der Waals surface area contributed by atoms with Crippen molar-refractivity contribution in [2.45, 2.75) is 13.2 Å². The van der Waals surface area contributed by atoms with Crippen LogP contribution in [0.3, 0.4) is 0 Å². The molecular formula is C18H19ClF2N2O3. The molecule has 0 bridgehead atoms. The van der Waals surface area contributed by atoms with E-state index in [9.17, 15) is 13.6 Å². The molecule has 0 saturated heterocycles. The molecule has 140 valence electrons. The average Bonchev–Trinajstić information content (AvgIpc) is 2.56. The smallest absolute Gasteiger partial charge is 0.387 e. The predicted octanol–water partition coefficient (Wildman–Crippen LogP) is 4.02. The minimum Gasteiger partial charge on any atom is -0.496 e. The van der Waals surface area contributed by atoms with Gasteiger partial charge >= 0.3 is 6.61 Å². The summed E-state index contributed by atoms with van der Waals surface area (Å²) in [5.74, 6) is 0.482. The van der Waals surface area contributed by atoms with Crippen molar-refractivity contribution in [3.05, 3.63) is 53.1 Å². The number of amides is 1. The van der Waals surface area contributed by atoms with E-state index in [1.807, 2.05) is 0 Å². The number of hydrogen-bond acceptors (Lipinski definition) is 4. The molecule has 8 heteroatoms. The van der Waals surface area contributed by atoms with Crippen molar-refractivity contribution in [3.8, 4) is 11.5 Å². The Morgan fingerprint density at radius 1 is 1.23 bits per heavy atom. The summed E-state index contributed by atoms with van der Waals surface area (Å²) in [6.45, 7) is -2.28. The SMILES string of the molecule is COc1ccc(Cl)cc1CN(C)CC(=O)Nc1ccc(OC(F)F)cc1. The zero-order chi connectivity index (χ0) is 19.1. The molecule has 0 heterocycles. The second kappa shape index (κ2) is 9.35. The number of likely N-dealkylation sites (N-methyl/N-ethyl adjacent to an activating group) is 1. The molecular weight excluding hydrogens is 366 g/mol. The number of carbonyl (C=O) groups excluding carboxylic acids is 1. The van der Waals surface area contributed by atoms with Gasteiger partial charge in [0.05, 0.1) is 13.7 Å². The summed E-state index contributed by atoms with van der Waals surface area (Å²) in [7, 11) is 3.36.